The molecule has 3 N–H and O–H groups in total. The number of para-hydroxylation sites is 1. The average molecular weight is 272 g/mol. The second-order valence-corrected chi connectivity index (χ2v) is 5.12. The Balaban J connectivity index is 1.76. The lowest BCUT2D eigenvalue weighted by atomic mass is 10.1. The summed E-state index contributed by atoms with van der Waals surface area (Å²) in [4.78, 5) is 15.6. The summed E-state index contributed by atoms with van der Waals surface area (Å²) < 4.78 is 0. The number of fused-ring (bicyclic) bond motifs is 1. The summed E-state index contributed by atoms with van der Waals surface area (Å²) in [6.07, 6.45) is 1.88. The number of nitrogens with one attached hydrogen (secondary N) is 2. The molecule has 2 heterocycles. The van der Waals surface area contributed by atoms with Gasteiger partial charge < -0.3 is 15.4 Å². The van der Waals surface area contributed by atoms with Crippen LogP contribution >= 0.6 is 11.3 Å². The van der Waals surface area contributed by atoms with Crippen molar-refractivity contribution in [3.63, 3.8) is 0 Å². The van der Waals surface area contributed by atoms with Crippen molar-refractivity contribution < 1.29 is 9.90 Å². The smallest absolute Gasteiger partial charge is 0.261 e. The second-order valence-electron chi connectivity index (χ2n) is 4.21. The van der Waals surface area contributed by atoms with Gasteiger partial charge in [-0.3, -0.25) is 4.79 Å². The van der Waals surface area contributed by atoms with Crippen molar-refractivity contribution in [1.29, 1.82) is 0 Å². The summed E-state index contributed by atoms with van der Waals surface area (Å²) in [5.74, 6) is -0.0459. The fourth-order valence-electron chi connectivity index (χ4n) is 2.00. The van der Waals surface area contributed by atoms with Crippen molar-refractivity contribution in [3.05, 3.63) is 52.3 Å². The van der Waals surface area contributed by atoms with Crippen LogP contribution in [0.25, 0.3) is 10.9 Å². The number of amides is 1. The van der Waals surface area contributed by atoms with Gasteiger partial charge >= 0.3 is 0 Å². The van der Waals surface area contributed by atoms with E-state index in [-0.39, 0.29) is 11.7 Å². The number of rotatable bonds is 3. The van der Waals surface area contributed by atoms with E-state index in [2.05, 4.69) is 10.3 Å². The minimum absolute atomic E-state index is 0.126. The van der Waals surface area contributed by atoms with Crippen molar-refractivity contribution in [2.24, 2.45) is 0 Å². The SMILES string of the molecule is O=C(NCc1cccc2cc[nH]c12)c1cc(O)cs1. The Hall–Kier alpha value is -2.27. The summed E-state index contributed by atoms with van der Waals surface area (Å²) in [5, 5.41) is 14.7. The van der Waals surface area contributed by atoms with Crippen LogP contribution in [0.5, 0.6) is 5.75 Å². The van der Waals surface area contributed by atoms with E-state index in [9.17, 15) is 9.90 Å². The van der Waals surface area contributed by atoms with Crippen LogP contribution in [0.2, 0.25) is 0 Å². The summed E-state index contributed by atoms with van der Waals surface area (Å²) in [6.45, 7) is 0.454. The lowest BCUT2D eigenvalue weighted by Crippen LogP contribution is -2.21. The molecule has 3 aromatic rings. The second kappa shape index (κ2) is 4.78. The highest BCUT2D eigenvalue weighted by molar-refractivity contribution is 7.12. The van der Waals surface area contributed by atoms with Gasteiger partial charge in [0, 0.05) is 24.2 Å². The topological polar surface area (TPSA) is 65.1 Å². The minimum Gasteiger partial charge on any atom is -0.507 e. The van der Waals surface area contributed by atoms with Gasteiger partial charge in [-0.2, -0.15) is 0 Å². The zero-order valence-electron chi connectivity index (χ0n) is 10.0. The van der Waals surface area contributed by atoms with E-state index in [4.69, 9.17) is 0 Å². The maximum atomic E-state index is 11.9. The van der Waals surface area contributed by atoms with Crippen LogP contribution in [0.15, 0.2) is 41.9 Å². The highest BCUT2D eigenvalue weighted by Crippen LogP contribution is 2.20. The van der Waals surface area contributed by atoms with Crippen LogP contribution in [0.3, 0.4) is 0 Å². The lowest BCUT2D eigenvalue weighted by molar-refractivity contribution is 0.0955. The minimum atomic E-state index is -0.172. The Morgan fingerprint density at radius 2 is 2.26 bits per heavy atom. The predicted molar refractivity (Wildman–Crippen MR) is 75.5 cm³/mol. The van der Waals surface area contributed by atoms with Crippen LogP contribution in [0.1, 0.15) is 15.2 Å². The standard InChI is InChI=1S/C14H12N2O2S/c17-11-6-12(19-8-11)14(18)16-7-10-3-1-2-9-4-5-15-13(9)10/h1-6,8,15,17H,7H2,(H,16,18). The Morgan fingerprint density at radius 3 is 3.05 bits per heavy atom. The molecule has 0 aliphatic rings. The van der Waals surface area contributed by atoms with E-state index in [1.807, 2.05) is 30.5 Å². The molecule has 2 aromatic heterocycles. The van der Waals surface area contributed by atoms with Crippen molar-refractivity contribution in [1.82, 2.24) is 10.3 Å². The third-order valence-electron chi connectivity index (χ3n) is 2.92. The first-order valence-electron chi connectivity index (χ1n) is 5.85. The van der Waals surface area contributed by atoms with Gasteiger partial charge in [-0.25, -0.2) is 0 Å². The summed E-state index contributed by atoms with van der Waals surface area (Å²) in [6, 6.07) is 9.43. The highest BCUT2D eigenvalue weighted by atomic mass is 32.1. The predicted octanol–water partition coefficient (Wildman–Crippen LogP) is 2.87. The molecule has 96 valence electrons. The number of thiophene rings is 1. The fourth-order valence-corrected chi connectivity index (χ4v) is 2.69. The monoisotopic (exact) mass is 272 g/mol. The van der Waals surface area contributed by atoms with Gasteiger partial charge in [0.2, 0.25) is 0 Å². The van der Waals surface area contributed by atoms with Gasteiger partial charge in [0.05, 0.1) is 10.4 Å². The van der Waals surface area contributed by atoms with Gasteiger partial charge in [0.1, 0.15) is 5.75 Å². The van der Waals surface area contributed by atoms with Gasteiger partial charge in [0.15, 0.2) is 0 Å². The van der Waals surface area contributed by atoms with Gasteiger partial charge in [-0.15, -0.1) is 11.3 Å². The number of hydrogen-bond acceptors (Lipinski definition) is 3. The van der Waals surface area contributed by atoms with E-state index in [0.717, 1.165) is 16.5 Å². The Kier molecular flexibility index (Phi) is 2.97. The largest absolute Gasteiger partial charge is 0.507 e. The maximum absolute atomic E-state index is 11.9. The third-order valence-corrected chi connectivity index (χ3v) is 3.84. The number of hydrogen-bond donors (Lipinski definition) is 3. The number of aromatic hydroxyl groups is 1. The number of aromatic amines is 1. The molecule has 1 amide bonds. The first-order valence-corrected chi connectivity index (χ1v) is 6.73. The molecule has 1 aromatic carbocycles. The lowest BCUT2D eigenvalue weighted by Gasteiger charge is -2.05. The maximum Gasteiger partial charge on any atom is 0.261 e. The fraction of sp³-hybridized carbons (Fsp3) is 0.0714. The number of carbonyl (C=O) groups excluding carboxylic acids is 1. The zero-order chi connectivity index (χ0) is 13.2. The van der Waals surface area contributed by atoms with E-state index >= 15 is 0 Å². The number of H-pyrrole nitrogens is 1. The normalized spacial score (nSPS) is 10.7. The van der Waals surface area contributed by atoms with E-state index < -0.39 is 0 Å². The number of carbonyl (C=O) groups is 1. The quantitative estimate of drug-likeness (QED) is 0.686. The van der Waals surface area contributed by atoms with Crippen molar-refractivity contribution in [2.75, 3.05) is 0 Å². The summed E-state index contributed by atoms with van der Waals surface area (Å²) in [5.41, 5.74) is 2.08. The molecule has 0 atom stereocenters. The summed E-state index contributed by atoms with van der Waals surface area (Å²) >= 11 is 1.23. The molecule has 19 heavy (non-hydrogen) atoms. The van der Waals surface area contributed by atoms with Crippen molar-refractivity contribution >= 4 is 28.1 Å². The Bertz CT molecular complexity index is 730. The summed E-state index contributed by atoms with van der Waals surface area (Å²) in [7, 11) is 0. The Morgan fingerprint density at radius 1 is 1.37 bits per heavy atom. The molecule has 0 radical (unpaired) electrons. The van der Waals surface area contributed by atoms with Crippen LogP contribution in [-0.4, -0.2) is 16.0 Å². The van der Waals surface area contributed by atoms with Crippen LogP contribution in [0, 0.1) is 0 Å². The molecular weight excluding hydrogens is 260 g/mol. The molecule has 0 unspecified atom stereocenters. The number of aromatic nitrogens is 1. The molecule has 0 bridgehead atoms. The van der Waals surface area contributed by atoms with Gasteiger partial charge in [0.25, 0.3) is 5.91 Å². The molecule has 4 nitrogen and oxygen atoms in total. The Labute approximate surface area is 113 Å². The van der Waals surface area contributed by atoms with Crippen LogP contribution < -0.4 is 5.32 Å². The van der Waals surface area contributed by atoms with E-state index in [0.29, 0.717) is 11.4 Å². The highest BCUT2D eigenvalue weighted by Gasteiger charge is 2.09. The molecule has 0 aliphatic carbocycles. The molecular formula is C14H12N2O2S. The first kappa shape index (κ1) is 11.8. The van der Waals surface area contributed by atoms with Gasteiger partial charge in [-0.1, -0.05) is 18.2 Å². The molecule has 0 saturated carbocycles. The molecule has 3 rings (SSSR count). The molecule has 0 spiro atoms. The van der Waals surface area contributed by atoms with Crippen LogP contribution in [-0.2, 0) is 6.54 Å². The number of benzene rings is 1. The van der Waals surface area contributed by atoms with Gasteiger partial charge in [-0.05, 0) is 17.0 Å². The van der Waals surface area contributed by atoms with E-state index in [1.165, 1.54) is 17.4 Å². The third kappa shape index (κ3) is 2.32. The van der Waals surface area contributed by atoms with E-state index in [1.54, 1.807) is 5.38 Å². The van der Waals surface area contributed by atoms with Crippen molar-refractivity contribution in [2.45, 2.75) is 6.54 Å². The van der Waals surface area contributed by atoms with Crippen molar-refractivity contribution in [3.8, 4) is 5.75 Å². The molecule has 0 saturated heterocycles. The zero-order valence-corrected chi connectivity index (χ0v) is 10.8. The average Bonchev–Trinajstić information content (AvgIpc) is 3.04. The molecule has 0 fully saturated rings. The van der Waals surface area contributed by atoms with Crippen LogP contribution in [0.4, 0.5) is 0 Å². The first-order chi connectivity index (χ1) is 9.24. The molecule has 0 aliphatic heterocycles. The molecule has 5 heteroatoms.